The highest BCUT2D eigenvalue weighted by Gasteiger charge is 2.49. The average molecular weight is 381 g/mol. The normalized spacial score (nSPS) is 12.1. The molecule has 7 nitrogen and oxygen atoms in total. The largest absolute Gasteiger partial charge is 0.534 e. The number of hydrogen-bond acceptors (Lipinski definition) is 7. The number of pyridine rings is 1. The van der Waals surface area contributed by atoms with Gasteiger partial charge in [-0.25, -0.2) is 4.98 Å². The van der Waals surface area contributed by atoms with Gasteiger partial charge in [0.15, 0.2) is 11.5 Å². The van der Waals surface area contributed by atoms with Crippen LogP contribution in [0, 0.1) is 6.92 Å². The fourth-order valence-electron chi connectivity index (χ4n) is 2.25. The van der Waals surface area contributed by atoms with Gasteiger partial charge in [0.2, 0.25) is 11.6 Å². The fourth-order valence-corrected chi connectivity index (χ4v) is 2.66. The van der Waals surface area contributed by atoms with Crippen LogP contribution in [-0.2, 0) is 10.1 Å². The number of benzene rings is 1. The van der Waals surface area contributed by atoms with E-state index < -0.39 is 21.5 Å². The molecule has 0 atom stereocenters. The number of ether oxygens (including phenoxy) is 3. The van der Waals surface area contributed by atoms with Gasteiger partial charge in [-0.15, -0.1) is 0 Å². The highest BCUT2D eigenvalue weighted by Crippen LogP contribution is 2.45. The first kappa shape index (κ1) is 18.9. The molecule has 138 valence electrons. The number of halogens is 3. The number of aryl methyl sites for hydroxylation is 1. The van der Waals surface area contributed by atoms with Gasteiger partial charge >= 0.3 is 15.6 Å². The third-order valence-corrected chi connectivity index (χ3v) is 4.21. The van der Waals surface area contributed by atoms with Gasteiger partial charge in [0, 0.05) is 11.5 Å². The van der Waals surface area contributed by atoms with Gasteiger partial charge in [-0.1, -0.05) is 0 Å². The van der Waals surface area contributed by atoms with Crippen LogP contribution in [0.25, 0.3) is 10.8 Å². The molecule has 0 saturated heterocycles. The van der Waals surface area contributed by atoms with Crippen molar-refractivity contribution in [3.8, 4) is 23.1 Å². The van der Waals surface area contributed by atoms with Crippen LogP contribution in [0.15, 0.2) is 12.1 Å². The Morgan fingerprint density at radius 1 is 1.00 bits per heavy atom. The van der Waals surface area contributed by atoms with Crippen LogP contribution in [0.1, 0.15) is 5.69 Å². The SMILES string of the molecule is COc1cc2cc(OS(=O)(=O)C(F)(F)F)nc(C)c2c(OC)c1OC. The molecule has 0 saturated carbocycles. The first-order chi connectivity index (χ1) is 11.6. The van der Waals surface area contributed by atoms with Crippen LogP contribution < -0.4 is 18.4 Å². The highest BCUT2D eigenvalue weighted by molar-refractivity contribution is 7.87. The van der Waals surface area contributed by atoms with Gasteiger partial charge in [-0.3, -0.25) is 0 Å². The molecule has 0 amide bonds. The molecule has 0 spiro atoms. The molecular formula is C14H14F3NO6S. The number of hydrogen-bond donors (Lipinski definition) is 0. The monoisotopic (exact) mass is 381 g/mol. The molecule has 11 heteroatoms. The summed E-state index contributed by atoms with van der Waals surface area (Å²) >= 11 is 0. The van der Waals surface area contributed by atoms with E-state index in [1.54, 1.807) is 0 Å². The number of alkyl halides is 3. The predicted molar refractivity (Wildman–Crippen MR) is 81.7 cm³/mol. The number of methoxy groups -OCH3 is 3. The van der Waals surface area contributed by atoms with Crippen molar-refractivity contribution >= 4 is 20.9 Å². The van der Waals surface area contributed by atoms with Gasteiger partial charge in [0.05, 0.1) is 27.0 Å². The first-order valence-electron chi connectivity index (χ1n) is 6.66. The van der Waals surface area contributed by atoms with Crippen LogP contribution in [0.2, 0.25) is 0 Å². The summed E-state index contributed by atoms with van der Waals surface area (Å²) in [5.74, 6) is 0.0183. The number of nitrogens with zero attached hydrogens (tertiary/aromatic N) is 1. The van der Waals surface area contributed by atoms with Crippen molar-refractivity contribution in [1.29, 1.82) is 0 Å². The molecule has 0 aliphatic carbocycles. The standard InChI is InChI=1S/C14H14F3NO6S/c1-7-11-8(5-9(21-2)12(22-3)13(11)23-4)6-10(18-7)24-25(19,20)14(15,16)17/h5-6H,1-4H3. The lowest BCUT2D eigenvalue weighted by Gasteiger charge is -2.16. The van der Waals surface area contributed by atoms with E-state index in [2.05, 4.69) is 9.17 Å². The molecule has 0 unspecified atom stereocenters. The number of aromatic nitrogens is 1. The van der Waals surface area contributed by atoms with Crippen molar-refractivity contribution in [2.24, 2.45) is 0 Å². The van der Waals surface area contributed by atoms with Crippen LogP contribution in [-0.4, -0.2) is 40.2 Å². The predicted octanol–water partition coefficient (Wildman–Crippen LogP) is 2.80. The van der Waals surface area contributed by atoms with E-state index in [4.69, 9.17) is 14.2 Å². The summed E-state index contributed by atoms with van der Waals surface area (Å²) in [5.41, 5.74) is -5.38. The maximum atomic E-state index is 12.5. The van der Waals surface area contributed by atoms with Crippen LogP contribution in [0.5, 0.6) is 23.1 Å². The van der Waals surface area contributed by atoms with Gasteiger partial charge in [-0.05, 0) is 18.4 Å². The summed E-state index contributed by atoms with van der Waals surface area (Å²) < 4.78 is 79.5. The maximum absolute atomic E-state index is 12.5. The smallest absolute Gasteiger partial charge is 0.493 e. The lowest BCUT2D eigenvalue weighted by molar-refractivity contribution is -0.0501. The zero-order valence-corrected chi connectivity index (χ0v) is 14.4. The van der Waals surface area contributed by atoms with E-state index in [0.29, 0.717) is 10.8 Å². The highest BCUT2D eigenvalue weighted by atomic mass is 32.2. The van der Waals surface area contributed by atoms with E-state index >= 15 is 0 Å². The fraction of sp³-hybridized carbons (Fsp3) is 0.357. The van der Waals surface area contributed by atoms with Crippen LogP contribution >= 0.6 is 0 Å². The summed E-state index contributed by atoms with van der Waals surface area (Å²) in [4.78, 5) is 3.76. The summed E-state index contributed by atoms with van der Waals surface area (Å²) in [6.45, 7) is 1.46. The van der Waals surface area contributed by atoms with Crippen LogP contribution in [0.4, 0.5) is 13.2 Å². The van der Waals surface area contributed by atoms with E-state index in [1.165, 1.54) is 34.3 Å². The average Bonchev–Trinajstić information content (AvgIpc) is 2.51. The molecule has 1 aromatic heterocycles. The van der Waals surface area contributed by atoms with E-state index in [-0.39, 0.29) is 22.9 Å². The summed E-state index contributed by atoms with van der Waals surface area (Å²) in [7, 11) is -1.71. The molecule has 2 aromatic rings. The Labute approximate surface area is 141 Å². The lowest BCUT2D eigenvalue weighted by Crippen LogP contribution is -2.28. The van der Waals surface area contributed by atoms with Crippen molar-refractivity contribution in [3.05, 3.63) is 17.8 Å². The van der Waals surface area contributed by atoms with Crippen molar-refractivity contribution in [3.63, 3.8) is 0 Å². The van der Waals surface area contributed by atoms with Crippen molar-refractivity contribution in [1.82, 2.24) is 4.98 Å². The van der Waals surface area contributed by atoms with Crippen LogP contribution in [0.3, 0.4) is 0 Å². The Hall–Kier alpha value is -2.43. The van der Waals surface area contributed by atoms with Gasteiger partial charge < -0.3 is 18.4 Å². The first-order valence-corrected chi connectivity index (χ1v) is 8.07. The molecule has 0 aliphatic heterocycles. The Bertz CT molecular complexity index is 911. The summed E-state index contributed by atoms with van der Waals surface area (Å²) in [5, 5.41) is 0.714. The van der Waals surface area contributed by atoms with Gasteiger partial charge in [0.25, 0.3) is 0 Å². The van der Waals surface area contributed by atoms with E-state index in [9.17, 15) is 21.6 Å². The molecule has 25 heavy (non-hydrogen) atoms. The topological polar surface area (TPSA) is 84.0 Å². The summed E-state index contributed by atoms with van der Waals surface area (Å²) in [6, 6.07) is 2.48. The minimum absolute atomic E-state index is 0.183. The van der Waals surface area contributed by atoms with E-state index in [1.807, 2.05) is 0 Å². The molecular weight excluding hydrogens is 367 g/mol. The summed E-state index contributed by atoms with van der Waals surface area (Å²) in [6.07, 6.45) is 0. The molecule has 0 radical (unpaired) electrons. The Kier molecular flexibility index (Phi) is 4.89. The molecule has 0 bridgehead atoms. The zero-order chi connectivity index (χ0) is 19.0. The number of rotatable bonds is 5. The third kappa shape index (κ3) is 3.36. The zero-order valence-electron chi connectivity index (χ0n) is 13.6. The van der Waals surface area contributed by atoms with E-state index in [0.717, 1.165) is 6.07 Å². The van der Waals surface area contributed by atoms with Crippen molar-refractivity contribution in [2.45, 2.75) is 12.4 Å². The quantitative estimate of drug-likeness (QED) is 0.582. The Morgan fingerprint density at radius 2 is 1.60 bits per heavy atom. The minimum atomic E-state index is -5.83. The Balaban J connectivity index is 2.71. The van der Waals surface area contributed by atoms with Crippen molar-refractivity contribution in [2.75, 3.05) is 21.3 Å². The maximum Gasteiger partial charge on any atom is 0.534 e. The lowest BCUT2D eigenvalue weighted by atomic mass is 10.1. The molecule has 0 fully saturated rings. The second kappa shape index (κ2) is 6.47. The molecule has 0 N–H and O–H groups in total. The second-order valence-electron chi connectivity index (χ2n) is 4.77. The minimum Gasteiger partial charge on any atom is -0.493 e. The third-order valence-electron chi connectivity index (χ3n) is 3.26. The molecule has 1 aromatic carbocycles. The van der Waals surface area contributed by atoms with Crippen molar-refractivity contribution < 1.29 is 40.0 Å². The molecule has 0 aliphatic rings. The molecule has 2 rings (SSSR count). The van der Waals surface area contributed by atoms with Gasteiger partial charge in [0.1, 0.15) is 0 Å². The number of fused-ring (bicyclic) bond motifs is 1. The van der Waals surface area contributed by atoms with Gasteiger partial charge in [-0.2, -0.15) is 21.6 Å². The Morgan fingerprint density at radius 3 is 2.08 bits per heavy atom. The second-order valence-corrected chi connectivity index (χ2v) is 6.31. The molecule has 1 heterocycles.